The molecule has 1 fully saturated rings. The molecule has 2 N–H and O–H groups in total. The first kappa shape index (κ1) is 20.0. The molecule has 0 aliphatic carbocycles. The van der Waals surface area contributed by atoms with Crippen molar-refractivity contribution in [3.8, 4) is 18.0 Å². The Morgan fingerprint density at radius 2 is 1.81 bits per heavy atom. The molecule has 2 aromatic carbocycles. The molecule has 1 aliphatic heterocycles. The van der Waals surface area contributed by atoms with Crippen molar-refractivity contribution >= 4 is 22.7 Å². The molecule has 0 amide bonds. The quantitative estimate of drug-likeness (QED) is 0.488. The number of hydrogen-bond donors (Lipinski definition) is 2. The van der Waals surface area contributed by atoms with E-state index in [0.717, 1.165) is 37.3 Å². The number of rotatable bonds is 4. The van der Waals surface area contributed by atoms with E-state index >= 15 is 0 Å². The van der Waals surface area contributed by atoms with Gasteiger partial charge < -0.3 is 10.6 Å². The number of nitrogens with zero attached hydrogens (tertiary/aromatic N) is 3. The van der Waals surface area contributed by atoms with Crippen LogP contribution in [0.4, 0.5) is 11.6 Å². The lowest BCUT2D eigenvalue weighted by molar-refractivity contribution is 0.460. The third kappa shape index (κ3) is 3.86. The largest absolute Gasteiger partial charge is 0.324 e. The number of nitrogens with one attached hydrogen (secondary N) is 2. The van der Waals surface area contributed by atoms with Gasteiger partial charge in [-0.25, -0.2) is 4.98 Å². The number of pyridine rings is 1. The van der Waals surface area contributed by atoms with Gasteiger partial charge in [0.15, 0.2) is 5.65 Å². The van der Waals surface area contributed by atoms with E-state index in [2.05, 4.69) is 38.7 Å². The highest BCUT2D eigenvalue weighted by Crippen LogP contribution is 2.27. The average molecular weight is 422 g/mol. The Morgan fingerprint density at radius 1 is 1.06 bits per heavy atom. The van der Waals surface area contributed by atoms with Gasteiger partial charge in [-0.3, -0.25) is 9.36 Å². The average Bonchev–Trinajstić information content (AvgIpc) is 2.85. The number of hydrogen-bond acceptors (Lipinski definition) is 5. The number of anilines is 2. The van der Waals surface area contributed by atoms with Crippen molar-refractivity contribution < 1.29 is 0 Å². The molecule has 2 aromatic heterocycles. The molecule has 1 aliphatic rings. The Morgan fingerprint density at radius 3 is 2.53 bits per heavy atom. The first-order valence-electron chi connectivity index (χ1n) is 10.8. The highest BCUT2D eigenvalue weighted by molar-refractivity contribution is 5.83. The molecule has 0 saturated carbocycles. The van der Waals surface area contributed by atoms with E-state index in [-0.39, 0.29) is 5.56 Å². The molecule has 32 heavy (non-hydrogen) atoms. The van der Waals surface area contributed by atoms with Gasteiger partial charge in [0.2, 0.25) is 5.95 Å². The van der Waals surface area contributed by atoms with Gasteiger partial charge in [-0.05, 0) is 61.7 Å². The zero-order chi connectivity index (χ0) is 21.9. The molecule has 4 aromatic rings. The van der Waals surface area contributed by atoms with Crippen molar-refractivity contribution in [3.05, 3.63) is 88.3 Å². The summed E-state index contributed by atoms with van der Waals surface area (Å²) >= 11 is 0. The van der Waals surface area contributed by atoms with Crippen LogP contribution in [0.25, 0.3) is 16.7 Å². The minimum absolute atomic E-state index is 0.229. The van der Waals surface area contributed by atoms with Crippen LogP contribution in [-0.2, 0) is 0 Å². The van der Waals surface area contributed by atoms with E-state index in [1.54, 1.807) is 10.8 Å². The van der Waals surface area contributed by atoms with Gasteiger partial charge in [-0.1, -0.05) is 36.3 Å². The standard InChI is InChI=1S/C26H23N5O/c1-2-18-16-24(32)31(22-6-4-3-5-7-22)25-23(18)17-28-26(30-25)29-21-10-8-19(9-11-21)20-12-14-27-15-13-20/h1,3-11,16-17,20,27H,12-15H2,(H,28,29,30). The van der Waals surface area contributed by atoms with Crippen LogP contribution in [0.3, 0.4) is 0 Å². The van der Waals surface area contributed by atoms with Gasteiger partial charge >= 0.3 is 0 Å². The SMILES string of the molecule is C#Cc1cc(=O)n(-c2ccccc2)c2nc(Nc3ccc(C4CCNCC4)cc3)ncc12. The maximum atomic E-state index is 12.9. The monoisotopic (exact) mass is 421 g/mol. The maximum Gasteiger partial charge on any atom is 0.258 e. The molecule has 0 spiro atoms. The van der Waals surface area contributed by atoms with E-state index in [1.807, 2.05) is 42.5 Å². The first-order chi connectivity index (χ1) is 15.7. The Bertz CT molecular complexity index is 1350. The summed E-state index contributed by atoms with van der Waals surface area (Å²) in [4.78, 5) is 22.0. The van der Waals surface area contributed by atoms with E-state index in [1.165, 1.54) is 11.6 Å². The third-order valence-corrected chi connectivity index (χ3v) is 5.91. The van der Waals surface area contributed by atoms with Gasteiger partial charge in [-0.2, -0.15) is 4.98 Å². The minimum atomic E-state index is -0.229. The number of piperidine rings is 1. The molecule has 1 saturated heterocycles. The highest BCUT2D eigenvalue weighted by Gasteiger charge is 2.15. The van der Waals surface area contributed by atoms with E-state index in [0.29, 0.717) is 28.5 Å². The summed E-state index contributed by atoms with van der Waals surface area (Å²) < 4.78 is 1.56. The Kier molecular flexibility index (Phi) is 5.40. The highest BCUT2D eigenvalue weighted by atomic mass is 16.1. The van der Waals surface area contributed by atoms with Crippen LogP contribution in [0, 0.1) is 12.3 Å². The van der Waals surface area contributed by atoms with E-state index < -0.39 is 0 Å². The Labute approximate surface area is 186 Å². The molecular weight excluding hydrogens is 398 g/mol. The second-order valence-corrected chi connectivity index (χ2v) is 7.91. The van der Waals surface area contributed by atoms with Crippen molar-refractivity contribution in [2.24, 2.45) is 0 Å². The molecule has 158 valence electrons. The van der Waals surface area contributed by atoms with E-state index in [4.69, 9.17) is 6.42 Å². The number of fused-ring (bicyclic) bond motifs is 1. The molecule has 6 nitrogen and oxygen atoms in total. The summed E-state index contributed by atoms with van der Waals surface area (Å²) in [6, 6.07) is 19.3. The number of aromatic nitrogens is 3. The summed E-state index contributed by atoms with van der Waals surface area (Å²) in [5, 5.41) is 7.32. The van der Waals surface area contributed by atoms with Crippen LogP contribution in [-0.4, -0.2) is 27.6 Å². The van der Waals surface area contributed by atoms with Crippen molar-refractivity contribution in [1.82, 2.24) is 19.9 Å². The third-order valence-electron chi connectivity index (χ3n) is 5.91. The van der Waals surface area contributed by atoms with Gasteiger partial charge in [0.25, 0.3) is 5.56 Å². The van der Waals surface area contributed by atoms with Crippen LogP contribution in [0.1, 0.15) is 29.9 Å². The number of benzene rings is 2. The fourth-order valence-electron chi connectivity index (χ4n) is 4.23. The molecule has 0 atom stereocenters. The normalized spacial score (nSPS) is 14.2. The first-order valence-corrected chi connectivity index (χ1v) is 10.8. The zero-order valence-electron chi connectivity index (χ0n) is 17.6. The van der Waals surface area contributed by atoms with Crippen LogP contribution in [0.15, 0.2) is 71.7 Å². The van der Waals surface area contributed by atoms with Crippen LogP contribution < -0.4 is 16.2 Å². The summed E-state index contributed by atoms with van der Waals surface area (Å²) in [5.41, 5.74) is 3.70. The van der Waals surface area contributed by atoms with Crippen LogP contribution in [0.2, 0.25) is 0 Å². The van der Waals surface area contributed by atoms with E-state index in [9.17, 15) is 4.79 Å². The zero-order valence-corrected chi connectivity index (χ0v) is 17.6. The van der Waals surface area contributed by atoms with Crippen molar-refractivity contribution in [3.63, 3.8) is 0 Å². The lowest BCUT2D eigenvalue weighted by Gasteiger charge is -2.23. The predicted octanol–water partition coefficient (Wildman–Crippen LogP) is 3.97. The second kappa shape index (κ2) is 8.66. The van der Waals surface area contributed by atoms with Crippen molar-refractivity contribution in [2.45, 2.75) is 18.8 Å². The summed E-state index contributed by atoms with van der Waals surface area (Å²) in [6.45, 7) is 2.14. The van der Waals surface area contributed by atoms with Gasteiger partial charge in [0, 0.05) is 23.5 Å². The molecule has 0 bridgehead atoms. The summed E-state index contributed by atoms with van der Waals surface area (Å²) in [7, 11) is 0. The number of para-hydroxylation sites is 1. The predicted molar refractivity (Wildman–Crippen MR) is 128 cm³/mol. The fourth-order valence-corrected chi connectivity index (χ4v) is 4.23. The topological polar surface area (TPSA) is 71.8 Å². The molecule has 5 rings (SSSR count). The van der Waals surface area contributed by atoms with Crippen molar-refractivity contribution in [1.29, 1.82) is 0 Å². The summed E-state index contributed by atoms with van der Waals surface area (Å²) in [5.74, 6) is 3.59. The fraction of sp³-hybridized carbons (Fsp3) is 0.192. The molecule has 0 unspecified atom stereocenters. The van der Waals surface area contributed by atoms with Gasteiger partial charge in [0.05, 0.1) is 11.1 Å². The van der Waals surface area contributed by atoms with Gasteiger partial charge in [0.1, 0.15) is 0 Å². The Balaban J connectivity index is 1.51. The molecular formula is C26H23N5O. The lowest BCUT2D eigenvalue weighted by Crippen LogP contribution is -2.26. The second-order valence-electron chi connectivity index (χ2n) is 7.91. The molecule has 6 heteroatoms. The Hall–Kier alpha value is -3.95. The van der Waals surface area contributed by atoms with Crippen LogP contribution >= 0.6 is 0 Å². The van der Waals surface area contributed by atoms with Crippen LogP contribution in [0.5, 0.6) is 0 Å². The maximum absolute atomic E-state index is 12.9. The number of terminal acetylenes is 1. The minimum Gasteiger partial charge on any atom is -0.324 e. The molecule has 0 radical (unpaired) electrons. The lowest BCUT2D eigenvalue weighted by atomic mass is 9.90. The summed E-state index contributed by atoms with van der Waals surface area (Å²) in [6.07, 6.45) is 9.63. The smallest absolute Gasteiger partial charge is 0.258 e. The molecule has 3 heterocycles. The van der Waals surface area contributed by atoms with Crippen molar-refractivity contribution in [2.75, 3.05) is 18.4 Å². The van der Waals surface area contributed by atoms with Gasteiger partial charge in [-0.15, -0.1) is 6.42 Å².